The standard InChI is InChI=1S/C20H19ClN4O3S/c21-16-6-4-14(5-7-16)13-25-19(10-11-22-25)23-20(26)15-2-1-3-18(12-15)29(27,28)24-17-8-9-17/h1-7,10-12,17,24H,8-9,13H2,(H,23,26). The van der Waals surface area contributed by atoms with Crippen LogP contribution in [0.5, 0.6) is 0 Å². The van der Waals surface area contributed by atoms with E-state index in [1.54, 1.807) is 41.2 Å². The Bertz CT molecular complexity index is 1140. The van der Waals surface area contributed by atoms with E-state index >= 15 is 0 Å². The summed E-state index contributed by atoms with van der Waals surface area (Å²) in [5.41, 5.74) is 1.23. The molecule has 1 aliphatic rings. The van der Waals surface area contributed by atoms with Crippen molar-refractivity contribution in [3.05, 3.63) is 76.9 Å². The highest BCUT2D eigenvalue weighted by atomic mass is 35.5. The minimum Gasteiger partial charge on any atom is -0.307 e. The summed E-state index contributed by atoms with van der Waals surface area (Å²) in [7, 11) is -3.63. The second-order valence-electron chi connectivity index (χ2n) is 6.88. The molecule has 1 saturated carbocycles. The number of hydrogen-bond donors (Lipinski definition) is 2. The van der Waals surface area contributed by atoms with Crippen molar-refractivity contribution in [2.45, 2.75) is 30.3 Å². The molecule has 150 valence electrons. The zero-order valence-electron chi connectivity index (χ0n) is 15.4. The lowest BCUT2D eigenvalue weighted by Crippen LogP contribution is -2.26. The maximum absolute atomic E-state index is 12.7. The first-order valence-electron chi connectivity index (χ1n) is 9.11. The number of aromatic nitrogens is 2. The maximum Gasteiger partial charge on any atom is 0.256 e. The molecule has 7 nitrogen and oxygen atoms in total. The number of nitrogens with zero attached hydrogens (tertiary/aromatic N) is 2. The maximum atomic E-state index is 12.7. The molecule has 1 heterocycles. The predicted octanol–water partition coefficient (Wildman–Crippen LogP) is 3.28. The fraction of sp³-hybridized carbons (Fsp3) is 0.200. The summed E-state index contributed by atoms with van der Waals surface area (Å²) in [5.74, 6) is 0.0978. The highest BCUT2D eigenvalue weighted by molar-refractivity contribution is 7.89. The Morgan fingerprint density at radius 1 is 1.14 bits per heavy atom. The summed E-state index contributed by atoms with van der Waals surface area (Å²) in [6, 6.07) is 15.0. The number of carbonyl (C=O) groups is 1. The van der Waals surface area contributed by atoms with E-state index in [-0.39, 0.29) is 16.5 Å². The molecule has 0 unspecified atom stereocenters. The Morgan fingerprint density at radius 2 is 1.90 bits per heavy atom. The Labute approximate surface area is 173 Å². The van der Waals surface area contributed by atoms with Crippen molar-refractivity contribution in [1.29, 1.82) is 0 Å². The molecule has 1 aromatic heterocycles. The number of benzene rings is 2. The minimum atomic E-state index is -3.63. The normalized spacial score (nSPS) is 14.0. The summed E-state index contributed by atoms with van der Waals surface area (Å²) in [5, 5.41) is 7.68. The van der Waals surface area contributed by atoms with Gasteiger partial charge in [-0.15, -0.1) is 0 Å². The van der Waals surface area contributed by atoms with Gasteiger partial charge >= 0.3 is 0 Å². The van der Waals surface area contributed by atoms with Crippen LogP contribution < -0.4 is 10.0 Å². The molecule has 0 atom stereocenters. The van der Waals surface area contributed by atoms with Gasteiger partial charge in [0.1, 0.15) is 5.82 Å². The van der Waals surface area contributed by atoms with E-state index < -0.39 is 15.9 Å². The number of halogens is 1. The molecule has 29 heavy (non-hydrogen) atoms. The van der Waals surface area contributed by atoms with Gasteiger partial charge in [0.25, 0.3) is 5.91 Å². The smallest absolute Gasteiger partial charge is 0.256 e. The lowest BCUT2D eigenvalue weighted by Gasteiger charge is -2.10. The summed E-state index contributed by atoms with van der Waals surface area (Å²) < 4.78 is 29.0. The van der Waals surface area contributed by atoms with E-state index in [4.69, 9.17) is 11.6 Å². The van der Waals surface area contributed by atoms with E-state index in [1.807, 2.05) is 12.1 Å². The minimum absolute atomic E-state index is 0.000276. The lowest BCUT2D eigenvalue weighted by atomic mass is 10.2. The number of amides is 1. The molecule has 1 aliphatic carbocycles. The monoisotopic (exact) mass is 430 g/mol. The third kappa shape index (κ3) is 4.84. The molecule has 2 aromatic carbocycles. The van der Waals surface area contributed by atoms with Gasteiger partial charge in [0, 0.05) is 22.7 Å². The summed E-state index contributed by atoms with van der Waals surface area (Å²) in [6.45, 7) is 0.458. The third-order valence-electron chi connectivity index (χ3n) is 4.51. The van der Waals surface area contributed by atoms with Crippen LogP contribution in [0.15, 0.2) is 65.7 Å². The second kappa shape index (κ2) is 7.98. The SMILES string of the molecule is O=C(Nc1ccnn1Cc1ccc(Cl)cc1)c1cccc(S(=O)(=O)NC2CC2)c1. The fourth-order valence-corrected chi connectivity index (χ4v) is 4.29. The molecule has 1 fully saturated rings. The molecule has 0 aliphatic heterocycles. The van der Waals surface area contributed by atoms with Gasteiger partial charge in [-0.25, -0.2) is 17.8 Å². The summed E-state index contributed by atoms with van der Waals surface area (Å²) >= 11 is 5.91. The zero-order chi connectivity index (χ0) is 20.4. The topological polar surface area (TPSA) is 93.1 Å². The van der Waals surface area contributed by atoms with Crippen LogP contribution in [0.4, 0.5) is 5.82 Å². The molecule has 3 aromatic rings. The molecule has 0 spiro atoms. The van der Waals surface area contributed by atoms with Crippen LogP contribution in [0.3, 0.4) is 0 Å². The Kier molecular flexibility index (Phi) is 5.40. The van der Waals surface area contributed by atoms with Crippen LogP contribution in [-0.2, 0) is 16.6 Å². The first-order valence-corrected chi connectivity index (χ1v) is 11.0. The van der Waals surface area contributed by atoms with Crippen molar-refractivity contribution in [3.63, 3.8) is 0 Å². The molecule has 9 heteroatoms. The van der Waals surface area contributed by atoms with Gasteiger partial charge in [0.15, 0.2) is 0 Å². The zero-order valence-corrected chi connectivity index (χ0v) is 16.9. The third-order valence-corrected chi connectivity index (χ3v) is 6.28. The van der Waals surface area contributed by atoms with Gasteiger partial charge in [-0.3, -0.25) is 4.79 Å². The molecular weight excluding hydrogens is 412 g/mol. The number of rotatable bonds is 7. The number of carbonyl (C=O) groups excluding carboxylic acids is 1. The van der Waals surface area contributed by atoms with Crippen LogP contribution >= 0.6 is 11.6 Å². The van der Waals surface area contributed by atoms with E-state index in [0.717, 1.165) is 18.4 Å². The number of nitrogens with one attached hydrogen (secondary N) is 2. The van der Waals surface area contributed by atoms with E-state index in [0.29, 0.717) is 17.4 Å². The van der Waals surface area contributed by atoms with Crippen LogP contribution in [0.25, 0.3) is 0 Å². The van der Waals surface area contributed by atoms with Gasteiger partial charge < -0.3 is 5.32 Å². The largest absolute Gasteiger partial charge is 0.307 e. The average Bonchev–Trinajstić information content (AvgIpc) is 3.41. The molecular formula is C20H19ClN4O3S. The number of hydrogen-bond acceptors (Lipinski definition) is 4. The van der Waals surface area contributed by atoms with E-state index in [9.17, 15) is 13.2 Å². The van der Waals surface area contributed by atoms with Gasteiger partial charge in [-0.1, -0.05) is 29.8 Å². The second-order valence-corrected chi connectivity index (χ2v) is 9.03. The van der Waals surface area contributed by atoms with Crippen molar-refractivity contribution in [2.75, 3.05) is 5.32 Å². The van der Waals surface area contributed by atoms with Gasteiger partial charge in [-0.2, -0.15) is 5.10 Å². The Morgan fingerprint density at radius 3 is 2.62 bits per heavy atom. The van der Waals surface area contributed by atoms with Crippen molar-refractivity contribution in [2.24, 2.45) is 0 Å². The molecule has 0 bridgehead atoms. The molecule has 2 N–H and O–H groups in total. The summed E-state index contributed by atoms with van der Waals surface area (Å²) in [6.07, 6.45) is 3.28. The van der Waals surface area contributed by atoms with Gasteiger partial charge in [0.05, 0.1) is 17.6 Å². The van der Waals surface area contributed by atoms with E-state index in [2.05, 4.69) is 15.1 Å². The van der Waals surface area contributed by atoms with Crippen LogP contribution in [0.2, 0.25) is 5.02 Å². The highest BCUT2D eigenvalue weighted by Gasteiger charge is 2.28. The van der Waals surface area contributed by atoms with Gasteiger partial charge in [0.2, 0.25) is 10.0 Å². The average molecular weight is 431 g/mol. The Balaban J connectivity index is 1.49. The summed E-state index contributed by atoms with van der Waals surface area (Å²) in [4.78, 5) is 12.8. The highest BCUT2D eigenvalue weighted by Crippen LogP contribution is 2.23. The van der Waals surface area contributed by atoms with Crippen molar-refractivity contribution in [1.82, 2.24) is 14.5 Å². The first-order chi connectivity index (χ1) is 13.9. The van der Waals surface area contributed by atoms with Crippen molar-refractivity contribution in [3.8, 4) is 0 Å². The van der Waals surface area contributed by atoms with E-state index in [1.165, 1.54) is 12.1 Å². The molecule has 0 radical (unpaired) electrons. The van der Waals surface area contributed by atoms with Crippen LogP contribution in [-0.4, -0.2) is 30.1 Å². The molecule has 1 amide bonds. The Hall–Kier alpha value is -2.68. The number of sulfonamides is 1. The lowest BCUT2D eigenvalue weighted by molar-refractivity contribution is 0.102. The van der Waals surface area contributed by atoms with Gasteiger partial charge in [-0.05, 0) is 48.7 Å². The predicted molar refractivity (Wildman–Crippen MR) is 111 cm³/mol. The number of anilines is 1. The molecule has 0 saturated heterocycles. The fourth-order valence-electron chi connectivity index (χ4n) is 2.81. The van der Waals surface area contributed by atoms with Crippen molar-refractivity contribution < 1.29 is 13.2 Å². The first kappa shape index (κ1) is 19.6. The van der Waals surface area contributed by atoms with Crippen LogP contribution in [0, 0.1) is 0 Å². The molecule has 4 rings (SSSR count). The van der Waals surface area contributed by atoms with Crippen molar-refractivity contribution >= 4 is 33.3 Å². The quantitative estimate of drug-likeness (QED) is 0.601. The van der Waals surface area contributed by atoms with Crippen LogP contribution in [0.1, 0.15) is 28.8 Å².